The van der Waals surface area contributed by atoms with Crippen LogP contribution in [0.3, 0.4) is 0 Å². The fourth-order valence-electron chi connectivity index (χ4n) is 6.74. The number of esters is 1. The van der Waals surface area contributed by atoms with Gasteiger partial charge < -0.3 is 24.4 Å². The van der Waals surface area contributed by atoms with E-state index in [0.29, 0.717) is 25.9 Å². The summed E-state index contributed by atoms with van der Waals surface area (Å²) in [6.45, 7) is 2.66. The van der Waals surface area contributed by atoms with Gasteiger partial charge in [-0.05, 0) is 55.2 Å². The van der Waals surface area contributed by atoms with Gasteiger partial charge in [0.2, 0.25) is 5.91 Å². The number of likely N-dealkylation sites (tertiary alicyclic amines) is 1. The molecular formula is C30H32N2O6. The number of carbonyl (C=O) groups excluding carboxylic acids is 3. The Kier molecular flexibility index (Phi) is 6.12. The molecule has 1 N–H and O–H groups in total. The Morgan fingerprint density at radius 3 is 2.58 bits per heavy atom. The van der Waals surface area contributed by atoms with E-state index in [9.17, 15) is 19.5 Å². The molecule has 4 heterocycles. The second-order valence-corrected chi connectivity index (χ2v) is 10.7. The fraction of sp³-hybridized carbons (Fsp3) is 0.433. The number of hydrogen-bond donors (Lipinski definition) is 1. The van der Waals surface area contributed by atoms with Crippen LogP contribution >= 0.6 is 0 Å². The number of rotatable bonds is 6. The lowest BCUT2D eigenvalue weighted by Gasteiger charge is -2.37. The molecule has 0 bridgehead atoms. The third-order valence-corrected chi connectivity index (χ3v) is 8.41. The quantitative estimate of drug-likeness (QED) is 0.360. The summed E-state index contributed by atoms with van der Waals surface area (Å²) in [6.07, 6.45) is 9.23. The first-order valence-corrected chi connectivity index (χ1v) is 13.3. The van der Waals surface area contributed by atoms with Crippen molar-refractivity contribution >= 4 is 34.2 Å². The van der Waals surface area contributed by atoms with Crippen LogP contribution in [0.5, 0.6) is 0 Å². The Labute approximate surface area is 221 Å². The Bertz CT molecular complexity index is 1350. The Hall–Kier alpha value is -3.49. The monoisotopic (exact) mass is 516 g/mol. The topological polar surface area (TPSA) is 96.4 Å². The number of benzene rings is 2. The van der Waals surface area contributed by atoms with Crippen molar-refractivity contribution in [3.8, 4) is 0 Å². The summed E-state index contributed by atoms with van der Waals surface area (Å²) in [5.74, 6) is -2.71. The van der Waals surface area contributed by atoms with Crippen LogP contribution in [-0.2, 0) is 23.9 Å². The number of ether oxygens (including phenoxy) is 2. The average molecular weight is 517 g/mol. The molecule has 8 nitrogen and oxygen atoms in total. The first-order chi connectivity index (χ1) is 18.4. The normalized spacial score (nSPS) is 32.2. The highest BCUT2D eigenvalue weighted by atomic mass is 16.6. The van der Waals surface area contributed by atoms with Gasteiger partial charge in [-0.2, -0.15) is 0 Å². The fourth-order valence-corrected chi connectivity index (χ4v) is 6.74. The van der Waals surface area contributed by atoms with Gasteiger partial charge in [0.15, 0.2) is 0 Å². The Balaban J connectivity index is 1.44. The van der Waals surface area contributed by atoms with Gasteiger partial charge in [0.25, 0.3) is 5.91 Å². The van der Waals surface area contributed by atoms with Crippen molar-refractivity contribution < 1.29 is 29.0 Å². The number of fused-ring (bicyclic) bond motifs is 3. The maximum absolute atomic E-state index is 14.4. The molecule has 0 aromatic heterocycles. The molecule has 2 fully saturated rings. The minimum atomic E-state index is -1.29. The summed E-state index contributed by atoms with van der Waals surface area (Å²) in [5.41, 5.74) is -1.63. The summed E-state index contributed by atoms with van der Waals surface area (Å²) >= 11 is 0. The lowest BCUT2D eigenvalue weighted by Crippen LogP contribution is -2.56. The number of cyclic esters (lactones) is 1. The van der Waals surface area contributed by atoms with Gasteiger partial charge >= 0.3 is 5.97 Å². The molecule has 2 amide bonds. The summed E-state index contributed by atoms with van der Waals surface area (Å²) in [4.78, 5) is 45.0. The molecule has 2 aromatic rings. The van der Waals surface area contributed by atoms with Gasteiger partial charge in [-0.1, -0.05) is 48.6 Å². The molecule has 0 aliphatic carbocycles. The lowest BCUT2D eigenvalue weighted by atomic mass is 9.75. The van der Waals surface area contributed by atoms with Crippen molar-refractivity contribution in [2.24, 2.45) is 11.8 Å². The molecule has 4 aliphatic rings. The molecule has 2 aromatic carbocycles. The number of aliphatic hydroxyl groups is 1. The molecule has 4 aliphatic heterocycles. The van der Waals surface area contributed by atoms with Gasteiger partial charge in [-0.3, -0.25) is 14.4 Å². The van der Waals surface area contributed by atoms with Crippen molar-refractivity contribution in [2.45, 2.75) is 43.4 Å². The zero-order valence-corrected chi connectivity index (χ0v) is 21.4. The first kappa shape index (κ1) is 24.8. The molecule has 1 unspecified atom stereocenters. The van der Waals surface area contributed by atoms with E-state index in [1.807, 2.05) is 54.6 Å². The molecule has 1 spiro atoms. The summed E-state index contributed by atoms with van der Waals surface area (Å²) in [6, 6.07) is 12.9. The van der Waals surface area contributed by atoms with Crippen molar-refractivity contribution in [2.75, 3.05) is 31.2 Å². The molecule has 6 rings (SSSR count). The maximum Gasteiger partial charge on any atom is 0.313 e. The number of carbonyl (C=O) groups is 3. The smallest absolute Gasteiger partial charge is 0.313 e. The molecule has 0 radical (unpaired) electrons. The van der Waals surface area contributed by atoms with Crippen molar-refractivity contribution in [1.29, 1.82) is 0 Å². The average Bonchev–Trinajstić information content (AvgIpc) is 3.16. The van der Waals surface area contributed by atoms with E-state index < -0.39 is 35.0 Å². The SMILES string of the molecule is C[C@]12C=CCOC(=O)[C@H]1[C@H]1C(=O)N(CCCCCO)C3C(=O)N(c4ccc5ccccc5c4)CC=C[C@@]31O2. The van der Waals surface area contributed by atoms with Crippen LogP contribution in [0, 0.1) is 11.8 Å². The molecule has 38 heavy (non-hydrogen) atoms. The first-order valence-electron chi connectivity index (χ1n) is 13.3. The second kappa shape index (κ2) is 9.36. The zero-order valence-electron chi connectivity index (χ0n) is 21.4. The highest BCUT2D eigenvalue weighted by Gasteiger charge is 2.74. The van der Waals surface area contributed by atoms with E-state index in [2.05, 4.69) is 0 Å². The van der Waals surface area contributed by atoms with Gasteiger partial charge in [0.1, 0.15) is 24.2 Å². The van der Waals surface area contributed by atoms with Crippen LogP contribution in [0.15, 0.2) is 66.8 Å². The van der Waals surface area contributed by atoms with Gasteiger partial charge in [-0.25, -0.2) is 0 Å². The van der Waals surface area contributed by atoms with E-state index >= 15 is 0 Å². The number of nitrogens with zero attached hydrogens (tertiary/aromatic N) is 2. The van der Waals surface area contributed by atoms with Crippen molar-refractivity contribution in [3.05, 3.63) is 66.8 Å². The van der Waals surface area contributed by atoms with Crippen molar-refractivity contribution in [1.82, 2.24) is 4.90 Å². The van der Waals surface area contributed by atoms with Crippen LogP contribution in [-0.4, -0.2) is 71.3 Å². The minimum Gasteiger partial charge on any atom is -0.461 e. The third-order valence-electron chi connectivity index (χ3n) is 8.41. The van der Waals surface area contributed by atoms with Crippen LogP contribution in [0.1, 0.15) is 26.2 Å². The summed E-state index contributed by atoms with van der Waals surface area (Å²) in [5, 5.41) is 11.3. The summed E-state index contributed by atoms with van der Waals surface area (Å²) in [7, 11) is 0. The highest BCUT2D eigenvalue weighted by Crippen LogP contribution is 2.57. The molecule has 2 saturated heterocycles. The number of unbranched alkanes of at least 4 members (excludes halogenated alkanes) is 2. The standard InChI is InChI=1S/C30H32N2O6/c1-29-13-8-18-37-28(36)24(29)23-26(34)32(15-5-2-6-17-33)25-27(35)31(16-7-14-30(23,25)38-29)22-12-11-20-9-3-4-10-21(20)19-22/h3-4,7-14,19,23-25,33H,2,5-6,15-18H2,1H3/t23-,24+,25?,29-,30-/m0/s1. The number of anilines is 1. The number of aliphatic hydroxyl groups excluding tert-OH is 1. The van der Waals surface area contributed by atoms with E-state index in [1.165, 1.54) is 0 Å². The zero-order chi connectivity index (χ0) is 26.5. The van der Waals surface area contributed by atoms with Crippen LogP contribution in [0.2, 0.25) is 0 Å². The van der Waals surface area contributed by atoms with E-state index in [1.54, 1.807) is 28.9 Å². The van der Waals surface area contributed by atoms with Gasteiger partial charge in [0, 0.05) is 25.4 Å². The molecule has 198 valence electrons. The van der Waals surface area contributed by atoms with Crippen molar-refractivity contribution in [3.63, 3.8) is 0 Å². The van der Waals surface area contributed by atoms with E-state index in [0.717, 1.165) is 22.9 Å². The van der Waals surface area contributed by atoms with Gasteiger partial charge in [0.05, 0.1) is 11.5 Å². The van der Waals surface area contributed by atoms with E-state index in [-0.39, 0.29) is 25.0 Å². The number of amides is 2. The molecule has 5 atom stereocenters. The van der Waals surface area contributed by atoms with Crippen LogP contribution in [0.25, 0.3) is 10.8 Å². The molecule has 8 heteroatoms. The van der Waals surface area contributed by atoms with Gasteiger partial charge in [-0.15, -0.1) is 0 Å². The minimum absolute atomic E-state index is 0.0725. The largest absolute Gasteiger partial charge is 0.461 e. The lowest BCUT2D eigenvalue weighted by molar-refractivity contribution is -0.156. The maximum atomic E-state index is 14.4. The highest BCUT2D eigenvalue weighted by molar-refractivity contribution is 6.06. The second-order valence-electron chi connectivity index (χ2n) is 10.7. The summed E-state index contributed by atoms with van der Waals surface area (Å²) < 4.78 is 12.2. The third kappa shape index (κ3) is 3.69. The Morgan fingerprint density at radius 2 is 1.76 bits per heavy atom. The molecular weight excluding hydrogens is 484 g/mol. The Morgan fingerprint density at radius 1 is 0.947 bits per heavy atom. The number of hydrogen-bond acceptors (Lipinski definition) is 6. The van der Waals surface area contributed by atoms with Crippen LogP contribution < -0.4 is 4.90 Å². The van der Waals surface area contributed by atoms with Crippen LogP contribution in [0.4, 0.5) is 5.69 Å². The van der Waals surface area contributed by atoms with E-state index in [4.69, 9.17) is 9.47 Å². The molecule has 0 saturated carbocycles. The predicted molar refractivity (Wildman–Crippen MR) is 141 cm³/mol. The predicted octanol–water partition coefficient (Wildman–Crippen LogP) is 2.99.